The van der Waals surface area contributed by atoms with Crippen LogP contribution in [-0.4, -0.2) is 23.5 Å². The Morgan fingerprint density at radius 1 is 1.12 bits per heavy atom. The van der Waals surface area contributed by atoms with E-state index in [9.17, 15) is 18.4 Å². The second-order valence-electron chi connectivity index (χ2n) is 6.42. The van der Waals surface area contributed by atoms with Gasteiger partial charge in [-0.1, -0.05) is 12.1 Å². The highest BCUT2D eigenvalue weighted by Gasteiger charge is 2.50. The van der Waals surface area contributed by atoms with E-state index in [2.05, 4.69) is 5.32 Å². The van der Waals surface area contributed by atoms with Crippen molar-refractivity contribution in [1.29, 1.82) is 0 Å². The van der Waals surface area contributed by atoms with Crippen LogP contribution in [-0.2, 0) is 4.79 Å². The Labute approximate surface area is 143 Å². The molecule has 130 valence electrons. The van der Waals surface area contributed by atoms with Gasteiger partial charge in [-0.15, -0.1) is 0 Å². The lowest BCUT2D eigenvalue weighted by atomic mass is 9.98. The maximum atomic E-state index is 14.4. The third-order valence-electron chi connectivity index (χ3n) is 4.60. The second kappa shape index (κ2) is 6.27. The molecule has 2 N–H and O–H groups in total. The molecule has 0 spiro atoms. The van der Waals surface area contributed by atoms with Crippen molar-refractivity contribution in [2.45, 2.75) is 19.8 Å². The fraction of sp³-hybridized carbons (Fsp3) is 0.263. The van der Waals surface area contributed by atoms with Gasteiger partial charge in [0.05, 0.1) is 5.41 Å². The van der Waals surface area contributed by atoms with Crippen LogP contribution < -0.4 is 5.32 Å². The Hall–Kier alpha value is -2.76. The van der Waals surface area contributed by atoms with E-state index in [0.29, 0.717) is 24.0 Å². The van der Waals surface area contributed by atoms with E-state index in [4.69, 9.17) is 5.11 Å². The van der Waals surface area contributed by atoms with Crippen molar-refractivity contribution >= 4 is 11.9 Å². The first-order chi connectivity index (χ1) is 11.8. The van der Waals surface area contributed by atoms with Crippen LogP contribution in [0.15, 0.2) is 36.4 Å². The van der Waals surface area contributed by atoms with Gasteiger partial charge in [0.25, 0.3) is 5.91 Å². The van der Waals surface area contributed by atoms with Gasteiger partial charge < -0.3 is 10.4 Å². The number of nitrogens with one attached hydrogen (secondary N) is 1. The number of carboxylic acid groups (broad SMARTS) is 1. The van der Waals surface area contributed by atoms with Crippen LogP contribution in [0, 0.1) is 24.0 Å². The van der Waals surface area contributed by atoms with Crippen LogP contribution >= 0.6 is 0 Å². The molecule has 1 aliphatic carbocycles. The third-order valence-corrected chi connectivity index (χ3v) is 4.60. The van der Waals surface area contributed by atoms with E-state index in [-0.39, 0.29) is 17.7 Å². The van der Waals surface area contributed by atoms with Crippen molar-refractivity contribution in [1.82, 2.24) is 5.32 Å². The molecule has 0 aromatic heterocycles. The number of hydrogen-bond acceptors (Lipinski definition) is 2. The molecular weight excluding hydrogens is 328 g/mol. The van der Waals surface area contributed by atoms with Crippen molar-refractivity contribution in [2.24, 2.45) is 5.41 Å². The van der Waals surface area contributed by atoms with Gasteiger partial charge in [-0.3, -0.25) is 9.59 Å². The van der Waals surface area contributed by atoms with Crippen molar-refractivity contribution in [2.75, 3.05) is 6.54 Å². The molecule has 0 radical (unpaired) electrons. The van der Waals surface area contributed by atoms with E-state index >= 15 is 0 Å². The topological polar surface area (TPSA) is 66.4 Å². The number of carbonyl (C=O) groups is 2. The van der Waals surface area contributed by atoms with E-state index < -0.39 is 28.9 Å². The molecule has 0 bridgehead atoms. The third kappa shape index (κ3) is 3.38. The van der Waals surface area contributed by atoms with Gasteiger partial charge in [-0.05, 0) is 55.2 Å². The molecule has 0 aliphatic heterocycles. The monoisotopic (exact) mass is 345 g/mol. The molecule has 2 aromatic carbocycles. The van der Waals surface area contributed by atoms with Crippen LogP contribution in [0.1, 0.15) is 28.8 Å². The fourth-order valence-electron chi connectivity index (χ4n) is 2.77. The lowest BCUT2D eigenvalue weighted by Crippen LogP contribution is -2.34. The maximum absolute atomic E-state index is 14.4. The molecule has 3 rings (SSSR count). The molecule has 1 saturated carbocycles. The number of benzene rings is 2. The Morgan fingerprint density at radius 2 is 1.80 bits per heavy atom. The van der Waals surface area contributed by atoms with E-state index in [0.717, 1.165) is 6.07 Å². The summed E-state index contributed by atoms with van der Waals surface area (Å²) in [5.41, 5.74) is 0.654. The molecule has 1 amide bonds. The summed E-state index contributed by atoms with van der Waals surface area (Å²) in [6.45, 7) is 1.71. The molecule has 0 saturated heterocycles. The average molecular weight is 345 g/mol. The van der Waals surface area contributed by atoms with Gasteiger partial charge in [0.1, 0.15) is 11.6 Å². The maximum Gasteiger partial charge on any atom is 0.311 e. The Morgan fingerprint density at radius 3 is 2.36 bits per heavy atom. The highest BCUT2D eigenvalue weighted by molar-refractivity contribution is 5.95. The first-order valence-corrected chi connectivity index (χ1v) is 7.90. The summed E-state index contributed by atoms with van der Waals surface area (Å²) in [5, 5.41) is 11.7. The second-order valence-corrected chi connectivity index (χ2v) is 6.42. The van der Waals surface area contributed by atoms with E-state index in [1.807, 2.05) is 0 Å². The number of aliphatic carboxylic acids is 1. The summed E-state index contributed by atoms with van der Waals surface area (Å²) in [7, 11) is 0. The minimum absolute atomic E-state index is 0.0294. The summed E-state index contributed by atoms with van der Waals surface area (Å²) in [5.74, 6) is -2.44. The number of carbonyl (C=O) groups excluding carboxylic acids is 1. The Balaban J connectivity index is 1.77. The number of carboxylic acids is 1. The molecule has 4 nitrogen and oxygen atoms in total. The number of aryl methyl sites for hydroxylation is 1. The van der Waals surface area contributed by atoms with Gasteiger partial charge in [0.15, 0.2) is 0 Å². The summed E-state index contributed by atoms with van der Waals surface area (Å²) >= 11 is 0. The molecule has 0 unspecified atom stereocenters. The Kier molecular flexibility index (Phi) is 4.29. The van der Waals surface area contributed by atoms with Gasteiger partial charge in [-0.25, -0.2) is 8.78 Å². The lowest BCUT2D eigenvalue weighted by molar-refractivity contribution is -0.143. The normalized spacial score (nSPS) is 14.8. The van der Waals surface area contributed by atoms with Gasteiger partial charge in [-0.2, -0.15) is 0 Å². The number of rotatable bonds is 5. The minimum Gasteiger partial charge on any atom is -0.481 e. The molecular formula is C19H17F2NO3. The minimum atomic E-state index is -0.930. The predicted octanol–water partition coefficient (Wildman–Crippen LogP) is 3.53. The Bertz CT molecular complexity index is 860. The first-order valence-electron chi connectivity index (χ1n) is 7.90. The average Bonchev–Trinajstić information content (AvgIpc) is 3.34. The van der Waals surface area contributed by atoms with Crippen LogP contribution in [0.5, 0.6) is 0 Å². The highest BCUT2D eigenvalue weighted by Crippen LogP contribution is 2.45. The molecule has 1 fully saturated rings. The molecule has 1 aliphatic rings. The van der Waals surface area contributed by atoms with E-state index in [1.165, 1.54) is 30.3 Å². The molecule has 6 heteroatoms. The smallest absolute Gasteiger partial charge is 0.311 e. The lowest BCUT2D eigenvalue weighted by Gasteiger charge is -2.12. The number of halogens is 2. The van der Waals surface area contributed by atoms with Crippen molar-refractivity contribution in [3.63, 3.8) is 0 Å². The van der Waals surface area contributed by atoms with Crippen molar-refractivity contribution in [3.05, 3.63) is 59.2 Å². The summed E-state index contributed by atoms with van der Waals surface area (Å²) < 4.78 is 27.6. The summed E-state index contributed by atoms with van der Waals surface area (Å²) in [6, 6.07) is 8.10. The van der Waals surface area contributed by atoms with Crippen molar-refractivity contribution in [3.8, 4) is 11.1 Å². The molecule has 0 heterocycles. The van der Waals surface area contributed by atoms with E-state index in [1.54, 1.807) is 6.92 Å². The predicted molar refractivity (Wildman–Crippen MR) is 88.2 cm³/mol. The van der Waals surface area contributed by atoms with Gasteiger partial charge in [0.2, 0.25) is 0 Å². The summed E-state index contributed by atoms with van der Waals surface area (Å²) in [6.07, 6.45) is 1.06. The standard InChI is InChI=1S/C19H17F2NO3/c1-11-8-13(20)3-5-14(11)15-4-2-12(9-16(15)21)17(23)22-10-19(6-7-19)18(24)25/h2-5,8-9H,6-7,10H2,1H3,(H,22,23)(H,24,25). The number of hydrogen-bond donors (Lipinski definition) is 2. The van der Waals surface area contributed by atoms with Crippen LogP contribution in [0.4, 0.5) is 8.78 Å². The zero-order valence-corrected chi connectivity index (χ0v) is 13.6. The molecule has 0 atom stereocenters. The van der Waals surface area contributed by atoms with Crippen LogP contribution in [0.25, 0.3) is 11.1 Å². The van der Waals surface area contributed by atoms with Gasteiger partial charge in [0, 0.05) is 17.7 Å². The van der Waals surface area contributed by atoms with Crippen LogP contribution in [0.2, 0.25) is 0 Å². The highest BCUT2D eigenvalue weighted by atomic mass is 19.1. The SMILES string of the molecule is Cc1cc(F)ccc1-c1ccc(C(=O)NCC2(C(=O)O)CC2)cc1F. The quantitative estimate of drug-likeness (QED) is 0.871. The zero-order chi connectivity index (χ0) is 18.2. The summed E-state index contributed by atoms with van der Waals surface area (Å²) in [4.78, 5) is 23.2. The van der Waals surface area contributed by atoms with Gasteiger partial charge >= 0.3 is 5.97 Å². The molecule has 2 aromatic rings. The number of amides is 1. The largest absolute Gasteiger partial charge is 0.481 e. The zero-order valence-electron chi connectivity index (χ0n) is 13.6. The fourth-order valence-corrected chi connectivity index (χ4v) is 2.77. The van der Waals surface area contributed by atoms with Crippen LogP contribution in [0.3, 0.4) is 0 Å². The van der Waals surface area contributed by atoms with Crippen molar-refractivity contribution < 1.29 is 23.5 Å². The first kappa shape index (κ1) is 17.1. The molecule has 25 heavy (non-hydrogen) atoms.